The van der Waals surface area contributed by atoms with E-state index < -0.39 is 0 Å². The molecule has 28 heavy (non-hydrogen) atoms. The molecule has 4 heteroatoms. The lowest BCUT2D eigenvalue weighted by Gasteiger charge is -2.35. The molecule has 1 aliphatic heterocycles. The predicted octanol–water partition coefficient (Wildman–Crippen LogP) is 3.82. The van der Waals surface area contributed by atoms with Crippen LogP contribution < -0.4 is 15.2 Å². The zero-order valence-corrected chi connectivity index (χ0v) is 17.4. The summed E-state index contributed by atoms with van der Waals surface area (Å²) >= 11 is 0. The maximum Gasteiger partial charge on any atom is 0.118 e. The van der Waals surface area contributed by atoms with Gasteiger partial charge in [-0.25, -0.2) is 0 Å². The first-order valence-electron chi connectivity index (χ1n) is 10.5. The number of hydrogen-bond acceptors (Lipinski definition) is 3. The van der Waals surface area contributed by atoms with Gasteiger partial charge in [0.15, 0.2) is 0 Å². The number of nitrogens with two attached hydrogens (primary N) is 1. The normalized spacial score (nSPS) is 18.2. The van der Waals surface area contributed by atoms with E-state index in [9.17, 15) is 0 Å². The molecule has 0 spiro atoms. The molecule has 0 aliphatic carbocycles. The summed E-state index contributed by atoms with van der Waals surface area (Å²) in [5.74, 6) is 1.85. The molecule has 0 saturated carbocycles. The molecule has 1 aliphatic rings. The Bertz CT molecular complexity index is 659. The lowest BCUT2D eigenvalue weighted by Crippen LogP contribution is -2.49. The lowest BCUT2D eigenvalue weighted by molar-refractivity contribution is -0.917. The van der Waals surface area contributed by atoms with Crippen LogP contribution >= 0.6 is 0 Å². The molecule has 1 atom stereocenters. The molecule has 2 N–H and O–H groups in total. The van der Waals surface area contributed by atoms with Crippen LogP contribution in [0.2, 0.25) is 0 Å². The fraction of sp³-hybridized carbons (Fsp3) is 0.500. The van der Waals surface area contributed by atoms with Crippen LogP contribution in [-0.2, 0) is 12.8 Å². The Morgan fingerprint density at radius 3 is 1.64 bits per heavy atom. The molecule has 0 bridgehead atoms. The van der Waals surface area contributed by atoms with Crippen LogP contribution in [0.5, 0.6) is 11.5 Å². The third-order valence-electron chi connectivity index (χ3n) is 6.11. The highest BCUT2D eigenvalue weighted by Crippen LogP contribution is 2.23. The van der Waals surface area contributed by atoms with E-state index in [-0.39, 0.29) is 0 Å². The van der Waals surface area contributed by atoms with Crippen molar-refractivity contribution >= 4 is 0 Å². The SMILES string of the molecule is COc1ccc(CCC[N+]2(CCCc3ccc(OC)cc3)CCC(N)C2)cc1. The summed E-state index contributed by atoms with van der Waals surface area (Å²) in [4.78, 5) is 0. The van der Waals surface area contributed by atoms with Gasteiger partial charge in [-0.05, 0) is 48.2 Å². The minimum atomic E-state index is 0.363. The molecule has 4 nitrogen and oxygen atoms in total. The Labute approximate surface area is 169 Å². The van der Waals surface area contributed by atoms with Gasteiger partial charge in [-0.2, -0.15) is 0 Å². The van der Waals surface area contributed by atoms with Crippen LogP contribution in [0.4, 0.5) is 0 Å². The molecule has 152 valence electrons. The number of likely N-dealkylation sites (tertiary alicyclic amines) is 1. The number of aryl methyl sites for hydroxylation is 2. The van der Waals surface area contributed by atoms with Crippen molar-refractivity contribution in [3.63, 3.8) is 0 Å². The maximum atomic E-state index is 6.30. The standard InChI is InChI=1S/C24H35N2O2/c1-27-23-11-7-20(8-12-23)5-3-16-26(18-15-22(25)19-26)17-4-6-21-9-13-24(28-2)14-10-21/h7-14,22H,3-6,15-19,25H2,1-2H3/q+1. The number of hydrogen-bond donors (Lipinski definition) is 1. The van der Waals surface area contributed by atoms with Crippen LogP contribution in [0, 0.1) is 0 Å². The van der Waals surface area contributed by atoms with E-state index in [0.29, 0.717) is 6.04 Å². The highest BCUT2D eigenvalue weighted by atomic mass is 16.5. The molecular formula is C24H35N2O2+. The van der Waals surface area contributed by atoms with Crippen LogP contribution in [-0.4, -0.2) is 50.9 Å². The zero-order valence-electron chi connectivity index (χ0n) is 17.4. The second-order valence-corrected chi connectivity index (χ2v) is 8.15. The molecule has 0 radical (unpaired) electrons. The number of nitrogens with zero attached hydrogens (tertiary/aromatic N) is 1. The number of ether oxygens (including phenoxy) is 2. The van der Waals surface area contributed by atoms with Gasteiger partial charge in [0.25, 0.3) is 0 Å². The fourth-order valence-electron chi connectivity index (χ4n) is 4.46. The van der Waals surface area contributed by atoms with Gasteiger partial charge in [-0.15, -0.1) is 0 Å². The van der Waals surface area contributed by atoms with E-state index >= 15 is 0 Å². The summed E-state index contributed by atoms with van der Waals surface area (Å²) in [5.41, 5.74) is 9.08. The van der Waals surface area contributed by atoms with E-state index in [2.05, 4.69) is 48.5 Å². The van der Waals surface area contributed by atoms with Crippen molar-refractivity contribution in [2.75, 3.05) is 40.4 Å². The van der Waals surface area contributed by atoms with Crippen molar-refractivity contribution in [2.45, 2.75) is 38.1 Å². The average molecular weight is 384 g/mol. The predicted molar refractivity (Wildman–Crippen MR) is 115 cm³/mol. The quantitative estimate of drug-likeness (QED) is 0.635. The Hall–Kier alpha value is -2.04. The van der Waals surface area contributed by atoms with Crippen LogP contribution in [0.3, 0.4) is 0 Å². The molecule has 1 fully saturated rings. The molecule has 1 saturated heterocycles. The van der Waals surface area contributed by atoms with Gasteiger partial charge in [0, 0.05) is 19.3 Å². The summed E-state index contributed by atoms with van der Waals surface area (Å²) in [5, 5.41) is 0. The zero-order chi connectivity index (χ0) is 19.8. The summed E-state index contributed by atoms with van der Waals surface area (Å²) < 4.78 is 11.7. The van der Waals surface area contributed by atoms with Crippen molar-refractivity contribution in [3.8, 4) is 11.5 Å². The molecule has 2 aromatic carbocycles. The molecule has 1 heterocycles. The highest BCUT2D eigenvalue weighted by molar-refractivity contribution is 5.27. The van der Waals surface area contributed by atoms with Crippen molar-refractivity contribution in [1.29, 1.82) is 0 Å². The monoisotopic (exact) mass is 383 g/mol. The highest BCUT2D eigenvalue weighted by Gasteiger charge is 2.35. The molecule has 0 amide bonds. The average Bonchev–Trinajstić information content (AvgIpc) is 3.10. The van der Waals surface area contributed by atoms with E-state index in [1.54, 1.807) is 14.2 Å². The Morgan fingerprint density at radius 2 is 1.29 bits per heavy atom. The van der Waals surface area contributed by atoms with E-state index in [4.69, 9.17) is 15.2 Å². The summed E-state index contributed by atoms with van der Waals surface area (Å²) in [6.45, 7) is 4.81. The second-order valence-electron chi connectivity index (χ2n) is 8.15. The minimum absolute atomic E-state index is 0.363. The van der Waals surface area contributed by atoms with Crippen molar-refractivity contribution in [1.82, 2.24) is 0 Å². The summed E-state index contributed by atoms with van der Waals surface area (Å²) in [6.07, 6.45) is 5.82. The maximum absolute atomic E-state index is 6.30. The lowest BCUT2D eigenvalue weighted by atomic mass is 10.1. The van der Waals surface area contributed by atoms with Gasteiger partial charge in [-0.3, -0.25) is 0 Å². The first kappa shape index (κ1) is 20.7. The van der Waals surface area contributed by atoms with Gasteiger partial charge >= 0.3 is 0 Å². The Kier molecular flexibility index (Phi) is 7.35. The van der Waals surface area contributed by atoms with E-state index in [1.165, 1.54) is 48.1 Å². The molecule has 0 aromatic heterocycles. The molecule has 1 unspecified atom stereocenters. The van der Waals surface area contributed by atoms with Crippen molar-refractivity contribution in [2.24, 2.45) is 5.73 Å². The molecule has 2 aromatic rings. The van der Waals surface area contributed by atoms with Gasteiger partial charge in [0.05, 0.1) is 46.4 Å². The largest absolute Gasteiger partial charge is 0.497 e. The van der Waals surface area contributed by atoms with Crippen molar-refractivity contribution in [3.05, 3.63) is 59.7 Å². The second kappa shape index (κ2) is 9.94. The number of benzene rings is 2. The van der Waals surface area contributed by atoms with Crippen LogP contribution in [0.15, 0.2) is 48.5 Å². The van der Waals surface area contributed by atoms with Crippen LogP contribution in [0.25, 0.3) is 0 Å². The van der Waals surface area contributed by atoms with E-state index in [1.807, 2.05) is 0 Å². The fourth-order valence-corrected chi connectivity index (χ4v) is 4.46. The van der Waals surface area contributed by atoms with Gasteiger partial charge in [-0.1, -0.05) is 24.3 Å². The summed E-state index contributed by atoms with van der Waals surface area (Å²) in [7, 11) is 3.43. The van der Waals surface area contributed by atoms with Crippen molar-refractivity contribution < 1.29 is 14.0 Å². The smallest absolute Gasteiger partial charge is 0.118 e. The van der Waals surface area contributed by atoms with Gasteiger partial charge in [0.2, 0.25) is 0 Å². The minimum Gasteiger partial charge on any atom is -0.497 e. The number of quaternary nitrogens is 1. The van der Waals surface area contributed by atoms with E-state index in [0.717, 1.165) is 37.3 Å². The molecule has 3 rings (SSSR count). The third-order valence-corrected chi connectivity index (χ3v) is 6.11. The Morgan fingerprint density at radius 1 is 0.821 bits per heavy atom. The molecular weight excluding hydrogens is 348 g/mol. The number of methoxy groups -OCH3 is 2. The third kappa shape index (κ3) is 5.73. The first-order chi connectivity index (χ1) is 13.6. The van der Waals surface area contributed by atoms with Crippen LogP contribution in [0.1, 0.15) is 30.4 Å². The summed E-state index contributed by atoms with van der Waals surface area (Å²) in [6, 6.07) is 17.3. The topological polar surface area (TPSA) is 44.5 Å². The first-order valence-corrected chi connectivity index (χ1v) is 10.5. The Balaban J connectivity index is 1.49. The number of rotatable bonds is 10. The van der Waals surface area contributed by atoms with Gasteiger partial charge in [0.1, 0.15) is 11.5 Å². The van der Waals surface area contributed by atoms with Gasteiger partial charge < -0.3 is 19.7 Å².